The number of carbonyl (C=O) groups excluding carboxylic acids is 2. The third-order valence-electron chi connectivity index (χ3n) is 7.22. The predicted molar refractivity (Wildman–Crippen MR) is 179 cm³/mol. The quantitative estimate of drug-likeness (QED) is 0.179. The Balaban J connectivity index is 1.82. The molecule has 0 spiro atoms. The fraction of sp³-hybridized carbons (Fsp3) is 0.235. The summed E-state index contributed by atoms with van der Waals surface area (Å²) in [7, 11) is -4.21. The molecule has 0 saturated carbocycles. The highest BCUT2D eigenvalue weighted by atomic mass is 79.9. The van der Waals surface area contributed by atoms with Crippen LogP contribution in [-0.4, -0.2) is 44.3 Å². The Hall–Kier alpha value is -3.66. The first-order valence-electron chi connectivity index (χ1n) is 14.2. The molecule has 4 aromatic rings. The Bertz CT molecular complexity index is 1700. The number of nitrogens with one attached hydrogen (secondary N) is 1. The average Bonchev–Trinajstić information content (AvgIpc) is 3.00. The maximum absolute atomic E-state index is 14.5. The molecule has 230 valence electrons. The van der Waals surface area contributed by atoms with Gasteiger partial charge < -0.3 is 10.2 Å². The summed E-state index contributed by atoms with van der Waals surface area (Å²) in [5, 5.41) is 3.20. The van der Waals surface area contributed by atoms with Crippen molar-refractivity contribution < 1.29 is 18.0 Å². The van der Waals surface area contributed by atoms with Gasteiger partial charge in [-0.1, -0.05) is 93.8 Å². The van der Waals surface area contributed by atoms with Crippen LogP contribution in [0.5, 0.6) is 0 Å². The molecular weight excluding hydrogens is 662 g/mol. The topological polar surface area (TPSA) is 86.8 Å². The van der Waals surface area contributed by atoms with Gasteiger partial charge in [-0.15, -0.1) is 0 Å². The van der Waals surface area contributed by atoms with Crippen molar-refractivity contribution in [1.29, 1.82) is 0 Å². The lowest BCUT2D eigenvalue weighted by atomic mass is 10.0. The van der Waals surface area contributed by atoms with Crippen LogP contribution in [0.1, 0.15) is 29.2 Å². The van der Waals surface area contributed by atoms with Crippen LogP contribution in [0.15, 0.2) is 106 Å². The monoisotopic (exact) mass is 695 g/mol. The third kappa shape index (κ3) is 8.28. The molecule has 1 atom stereocenters. The molecule has 0 unspecified atom stereocenters. The Labute approximate surface area is 273 Å². The van der Waals surface area contributed by atoms with Gasteiger partial charge in [0.15, 0.2) is 0 Å². The molecule has 44 heavy (non-hydrogen) atoms. The fourth-order valence-corrected chi connectivity index (χ4v) is 6.74. The molecular formula is C34H35BrClN3O4S. The van der Waals surface area contributed by atoms with Gasteiger partial charge in [0, 0.05) is 29.0 Å². The number of anilines is 1. The fourth-order valence-electron chi connectivity index (χ4n) is 4.83. The molecule has 7 nitrogen and oxygen atoms in total. The summed E-state index contributed by atoms with van der Waals surface area (Å²) in [5.41, 5.74) is 3.47. The van der Waals surface area contributed by atoms with Crippen LogP contribution < -0.4 is 9.62 Å². The van der Waals surface area contributed by atoms with Gasteiger partial charge in [0.05, 0.1) is 10.6 Å². The van der Waals surface area contributed by atoms with Crippen LogP contribution in [0.2, 0.25) is 5.02 Å². The van der Waals surface area contributed by atoms with E-state index in [-0.39, 0.29) is 29.5 Å². The van der Waals surface area contributed by atoms with Gasteiger partial charge in [-0.2, -0.15) is 0 Å². The maximum atomic E-state index is 14.5. The summed E-state index contributed by atoms with van der Waals surface area (Å²) in [6.45, 7) is 5.37. The lowest BCUT2D eigenvalue weighted by Crippen LogP contribution is -2.53. The van der Waals surface area contributed by atoms with E-state index in [9.17, 15) is 18.0 Å². The van der Waals surface area contributed by atoms with Gasteiger partial charge in [0.2, 0.25) is 11.8 Å². The Morgan fingerprint density at radius 3 is 2.18 bits per heavy atom. The van der Waals surface area contributed by atoms with E-state index in [1.54, 1.807) is 37.3 Å². The zero-order valence-electron chi connectivity index (χ0n) is 24.8. The number of hydrogen-bond donors (Lipinski definition) is 1. The van der Waals surface area contributed by atoms with Gasteiger partial charge in [0.1, 0.15) is 12.6 Å². The minimum absolute atomic E-state index is 0.0410. The maximum Gasteiger partial charge on any atom is 0.264 e. The van der Waals surface area contributed by atoms with Crippen molar-refractivity contribution in [3.8, 4) is 0 Å². The highest BCUT2D eigenvalue weighted by molar-refractivity contribution is 9.10. The number of sulfonamides is 1. The second-order valence-corrected chi connectivity index (χ2v) is 13.7. The summed E-state index contributed by atoms with van der Waals surface area (Å²) >= 11 is 9.79. The number of aryl methyl sites for hydroxylation is 2. The SMILES string of the molecule is CCNC(=O)[C@H](Cc1ccccc1)N(Cc1ccc(Br)cc1)C(=O)CN(c1cc(Cl)ccc1C)S(=O)(=O)c1ccc(C)cc1. The summed E-state index contributed by atoms with van der Waals surface area (Å²) in [6, 6.07) is 27.4. The Morgan fingerprint density at radius 1 is 0.886 bits per heavy atom. The van der Waals surface area contributed by atoms with E-state index < -0.39 is 28.5 Å². The van der Waals surface area contributed by atoms with Crippen molar-refractivity contribution in [3.63, 3.8) is 0 Å². The van der Waals surface area contributed by atoms with Crippen molar-refractivity contribution in [2.75, 3.05) is 17.4 Å². The minimum atomic E-state index is -4.21. The molecule has 0 aliphatic rings. The number of benzene rings is 4. The second-order valence-electron chi connectivity index (χ2n) is 10.5. The zero-order chi connectivity index (χ0) is 31.9. The Morgan fingerprint density at radius 2 is 1.55 bits per heavy atom. The number of amides is 2. The van der Waals surface area contributed by atoms with Crippen molar-refractivity contribution in [2.45, 2.75) is 44.7 Å². The lowest BCUT2D eigenvalue weighted by Gasteiger charge is -2.34. The van der Waals surface area contributed by atoms with Crippen LogP contribution in [0.25, 0.3) is 0 Å². The number of rotatable bonds is 12. The first-order chi connectivity index (χ1) is 21.0. The number of halogens is 2. The molecule has 1 N–H and O–H groups in total. The van der Waals surface area contributed by atoms with Gasteiger partial charge >= 0.3 is 0 Å². The number of nitrogens with zero attached hydrogens (tertiary/aromatic N) is 2. The van der Waals surface area contributed by atoms with Gasteiger partial charge in [-0.3, -0.25) is 13.9 Å². The largest absolute Gasteiger partial charge is 0.355 e. The molecule has 0 aromatic heterocycles. The molecule has 0 aliphatic heterocycles. The molecule has 0 bridgehead atoms. The zero-order valence-corrected chi connectivity index (χ0v) is 28.0. The number of hydrogen-bond acceptors (Lipinski definition) is 4. The number of likely N-dealkylation sites (N-methyl/N-ethyl adjacent to an activating group) is 1. The third-order valence-corrected chi connectivity index (χ3v) is 9.75. The summed E-state index contributed by atoms with van der Waals surface area (Å²) in [4.78, 5) is 29.6. The molecule has 4 aromatic carbocycles. The van der Waals surface area contributed by atoms with Gasteiger partial charge in [-0.25, -0.2) is 8.42 Å². The molecule has 4 rings (SSSR count). The van der Waals surface area contributed by atoms with Crippen LogP contribution in [0, 0.1) is 13.8 Å². The molecule has 10 heteroatoms. The standard InChI is InChI=1S/C34H35BrClN3O4S/c1-4-37-34(41)32(20-26-8-6-5-7-9-26)38(22-27-13-15-28(35)16-14-27)33(40)23-39(31-21-29(36)17-12-25(31)3)44(42,43)30-18-10-24(2)11-19-30/h5-19,21,32H,4,20,22-23H2,1-3H3,(H,37,41)/t32-/m0/s1. The molecule has 0 aliphatic carbocycles. The average molecular weight is 697 g/mol. The van der Waals surface area contributed by atoms with E-state index in [0.29, 0.717) is 17.1 Å². The van der Waals surface area contributed by atoms with Gasteiger partial charge in [0.25, 0.3) is 10.0 Å². The summed E-state index contributed by atoms with van der Waals surface area (Å²) in [6.07, 6.45) is 0.246. The predicted octanol–water partition coefficient (Wildman–Crippen LogP) is 6.69. The molecule has 0 fully saturated rings. The van der Waals surface area contributed by atoms with Crippen molar-refractivity contribution >= 4 is 55.1 Å². The van der Waals surface area contributed by atoms with E-state index in [1.807, 2.05) is 68.4 Å². The Kier molecular flexibility index (Phi) is 11.2. The van der Waals surface area contributed by atoms with Crippen molar-refractivity contribution in [1.82, 2.24) is 10.2 Å². The van der Waals surface area contributed by atoms with E-state index in [2.05, 4.69) is 21.2 Å². The van der Waals surface area contributed by atoms with E-state index in [4.69, 9.17) is 11.6 Å². The molecule has 2 amide bonds. The van der Waals surface area contributed by atoms with Crippen LogP contribution >= 0.6 is 27.5 Å². The molecule has 0 radical (unpaired) electrons. The number of carbonyl (C=O) groups is 2. The van der Waals surface area contributed by atoms with Crippen molar-refractivity contribution in [2.24, 2.45) is 0 Å². The highest BCUT2D eigenvalue weighted by Gasteiger charge is 2.35. The first kappa shape index (κ1) is 33.2. The van der Waals surface area contributed by atoms with E-state index in [1.165, 1.54) is 17.0 Å². The minimum Gasteiger partial charge on any atom is -0.355 e. The summed E-state index contributed by atoms with van der Waals surface area (Å²) in [5.74, 6) is -0.858. The highest BCUT2D eigenvalue weighted by Crippen LogP contribution is 2.30. The van der Waals surface area contributed by atoms with Crippen LogP contribution in [-0.2, 0) is 32.6 Å². The van der Waals surface area contributed by atoms with Crippen LogP contribution in [0.3, 0.4) is 0 Å². The van der Waals surface area contributed by atoms with E-state index in [0.717, 1.165) is 25.5 Å². The van der Waals surface area contributed by atoms with Crippen LogP contribution in [0.4, 0.5) is 5.69 Å². The van der Waals surface area contributed by atoms with Gasteiger partial charge in [-0.05, 0) is 73.9 Å². The molecule has 0 saturated heterocycles. The second kappa shape index (κ2) is 14.9. The van der Waals surface area contributed by atoms with E-state index >= 15 is 0 Å². The lowest BCUT2D eigenvalue weighted by molar-refractivity contribution is -0.140. The normalized spacial score (nSPS) is 11.9. The first-order valence-corrected chi connectivity index (χ1v) is 16.8. The summed E-state index contributed by atoms with van der Waals surface area (Å²) < 4.78 is 30.3. The smallest absolute Gasteiger partial charge is 0.264 e. The van der Waals surface area contributed by atoms with Crippen molar-refractivity contribution in [3.05, 3.63) is 129 Å². The molecule has 0 heterocycles.